The molecule has 0 radical (unpaired) electrons. The van der Waals surface area contributed by atoms with Gasteiger partial charge >= 0.3 is 0 Å². The summed E-state index contributed by atoms with van der Waals surface area (Å²) in [7, 11) is 0. The molecule has 2 aromatic heterocycles. The van der Waals surface area contributed by atoms with Crippen LogP contribution in [0.2, 0.25) is 0 Å². The van der Waals surface area contributed by atoms with Crippen LogP contribution in [0.15, 0.2) is 35.3 Å². The second kappa shape index (κ2) is 5.40. The highest BCUT2D eigenvalue weighted by molar-refractivity contribution is 5.05. The minimum Gasteiger partial charge on any atom is -0.472 e. The SMILES string of the molecule is c1cc(CNCc2ccn(C3CCCC3)n2)co1. The Morgan fingerprint density at radius 2 is 2.17 bits per heavy atom. The average molecular weight is 245 g/mol. The molecule has 0 aromatic carbocycles. The van der Waals surface area contributed by atoms with Gasteiger partial charge in [0.05, 0.1) is 24.3 Å². The van der Waals surface area contributed by atoms with Gasteiger partial charge in [0.15, 0.2) is 0 Å². The van der Waals surface area contributed by atoms with E-state index in [9.17, 15) is 0 Å². The highest BCUT2D eigenvalue weighted by Gasteiger charge is 2.17. The van der Waals surface area contributed by atoms with Crippen LogP contribution in [-0.2, 0) is 13.1 Å². The quantitative estimate of drug-likeness (QED) is 0.880. The van der Waals surface area contributed by atoms with E-state index in [0.29, 0.717) is 6.04 Å². The van der Waals surface area contributed by atoms with E-state index in [1.165, 1.54) is 31.2 Å². The molecule has 1 saturated carbocycles. The standard InChI is InChI=1S/C14H19N3O/c1-2-4-14(3-1)17-7-5-13(16-17)10-15-9-12-6-8-18-11-12/h5-8,11,14-15H,1-4,9-10H2. The van der Waals surface area contributed by atoms with E-state index >= 15 is 0 Å². The van der Waals surface area contributed by atoms with Gasteiger partial charge in [-0.1, -0.05) is 12.8 Å². The second-order valence-corrected chi connectivity index (χ2v) is 4.96. The molecule has 4 heteroatoms. The van der Waals surface area contributed by atoms with Crippen LogP contribution in [0.4, 0.5) is 0 Å². The molecule has 2 heterocycles. The molecule has 1 fully saturated rings. The molecule has 4 nitrogen and oxygen atoms in total. The van der Waals surface area contributed by atoms with Crippen molar-refractivity contribution in [3.8, 4) is 0 Å². The molecule has 1 aliphatic rings. The Bertz CT molecular complexity index is 469. The fourth-order valence-corrected chi connectivity index (χ4v) is 2.57. The molecule has 18 heavy (non-hydrogen) atoms. The number of nitrogens with one attached hydrogen (secondary N) is 1. The zero-order valence-electron chi connectivity index (χ0n) is 10.5. The van der Waals surface area contributed by atoms with E-state index in [2.05, 4.69) is 27.4 Å². The van der Waals surface area contributed by atoms with E-state index in [0.717, 1.165) is 18.8 Å². The molecule has 2 aromatic rings. The summed E-state index contributed by atoms with van der Waals surface area (Å²) in [5, 5.41) is 8.01. The van der Waals surface area contributed by atoms with Crippen molar-refractivity contribution in [3.63, 3.8) is 0 Å². The summed E-state index contributed by atoms with van der Waals surface area (Å²) < 4.78 is 7.17. The minimum atomic E-state index is 0.632. The first-order valence-corrected chi connectivity index (χ1v) is 6.67. The lowest BCUT2D eigenvalue weighted by Crippen LogP contribution is -2.13. The van der Waals surface area contributed by atoms with Gasteiger partial charge in [-0.25, -0.2) is 0 Å². The predicted molar refractivity (Wildman–Crippen MR) is 69.0 cm³/mol. The number of nitrogens with zero attached hydrogens (tertiary/aromatic N) is 2. The van der Waals surface area contributed by atoms with Gasteiger partial charge in [0.25, 0.3) is 0 Å². The summed E-state index contributed by atoms with van der Waals surface area (Å²) in [6.07, 6.45) is 10.8. The van der Waals surface area contributed by atoms with Crippen molar-refractivity contribution in [3.05, 3.63) is 42.1 Å². The van der Waals surface area contributed by atoms with Gasteiger partial charge in [0.2, 0.25) is 0 Å². The van der Waals surface area contributed by atoms with Gasteiger partial charge in [-0.2, -0.15) is 5.10 Å². The Labute approximate surface area is 107 Å². The lowest BCUT2D eigenvalue weighted by Gasteiger charge is -2.08. The third-order valence-electron chi connectivity index (χ3n) is 3.58. The van der Waals surface area contributed by atoms with Gasteiger partial charge in [-0.05, 0) is 25.0 Å². The van der Waals surface area contributed by atoms with Crippen LogP contribution >= 0.6 is 0 Å². The smallest absolute Gasteiger partial charge is 0.0947 e. The average Bonchev–Trinajstić information content (AvgIpc) is 3.12. The van der Waals surface area contributed by atoms with Crippen molar-refractivity contribution in [2.45, 2.75) is 44.8 Å². The van der Waals surface area contributed by atoms with E-state index in [-0.39, 0.29) is 0 Å². The van der Waals surface area contributed by atoms with Gasteiger partial charge in [-0.15, -0.1) is 0 Å². The van der Waals surface area contributed by atoms with Crippen molar-refractivity contribution in [1.29, 1.82) is 0 Å². The Hall–Kier alpha value is -1.55. The van der Waals surface area contributed by atoms with Crippen LogP contribution < -0.4 is 5.32 Å². The zero-order chi connectivity index (χ0) is 12.2. The maximum absolute atomic E-state index is 5.03. The summed E-state index contributed by atoms with van der Waals surface area (Å²) in [6.45, 7) is 1.64. The lowest BCUT2D eigenvalue weighted by molar-refractivity contribution is 0.460. The van der Waals surface area contributed by atoms with E-state index < -0.39 is 0 Å². The van der Waals surface area contributed by atoms with Crippen molar-refractivity contribution < 1.29 is 4.42 Å². The summed E-state index contributed by atoms with van der Waals surface area (Å²) >= 11 is 0. The van der Waals surface area contributed by atoms with E-state index in [1.54, 1.807) is 12.5 Å². The number of hydrogen-bond acceptors (Lipinski definition) is 3. The topological polar surface area (TPSA) is 43.0 Å². The second-order valence-electron chi connectivity index (χ2n) is 4.96. The van der Waals surface area contributed by atoms with Gasteiger partial charge in [0, 0.05) is 24.8 Å². The Morgan fingerprint density at radius 1 is 1.28 bits per heavy atom. The Kier molecular flexibility index (Phi) is 3.46. The first kappa shape index (κ1) is 11.5. The fourth-order valence-electron chi connectivity index (χ4n) is 2.57. The van der Waals surface area contributed by atoms with Crippen molar-refractivity contribution in [1.82, 2.24) is 15.1 Å². The normalized spacial score (nSPS) is 16.4. The number of hydrogen-bond donors (Lipinski definition) is 1. The molecule has 0 spiro atoms. The van der Waals surface area contributed by atoms with Crippen LogP contribution in [0.3, 0.4) is 0 Å². The zero-order valence-corrected chi connectivity index (χ0v) is 10.5. The molecule has 0 amide bonds. The summed E-state index contributed by atoms with van der Waals surface area (Å²) in [6, 6.07) is 4.72. The Balaban J connectivity index is 1.50. The molecule has 0 atom stereocenters. The maximum Gasteiger partial charge on any atom is 0.0947 e. The summed E-state index contributed by atoms with van der Waals surface area (Å²) in [5.74, 6) is 0. The van der Waals surface area contributed by atoms with E-state index in [1.807, 2.05) is 6.07 Å². The molecule has 96 valence electrons. The minimum absolute atomic E-state index is 0.632. The molecule has 0 aliphatic heterocycles. The molecule has 0 bridgehead atoms. The largest absolute Gasteiger partial charge is 0.472 e. The van der Waals surface area contributed by atoms with Crippen molar-refractivity contribution >= 4 is 0 Å². The van der Waals surface area contributed by atoms with Crippen LogP contribution in [0.5, 0.6) is 0 Å². The maximum atomic E-state index is 5.03. The molecule has 0 saturated heterocycles. The first-order valence-electron chi connectivity index (χ1n) is 6.67. The van der Waals surface area contributed by atoms with Gasteiger partial charge < -0.3 is 9.73 Å². The highest BCUT2D eigenvalue weighted by atomic mass is 16.3. The third-order valence-corrected chi connectivity index (χ3v) is 3.58. The van der Waals surface area contributed by atoms with Crippen molar-refractivity contribution in [2.24, 2.45) is 0 Å². The molecule has 0 unspecified atom stereocenters. The Morgan fingerprint density at radius 3 is 2.94 bits per heavy atom. The molecule has 1 aliphatic carbocycles. The van der Waals surface area contributed by atoms with Gasteiger partial charge in [0.1, 0.15) is 0 Å². The number of furan rings is 1. The molecule has 3 rings (SSSR count). The van der Waals surface area contributed by atoms with Crippen molar-refractivity contribution in [2.75, 3.05) is 0 Å². The highest BCUT2D eigenvalue weighted by Crippen LogP contribution is 2.28. The fraction of sp³-hybridized carbons (Fsp3) is 0.500. The van der Waals surface area contributed by atoms with Crippen LogP contribution in [-0.4, -0.2) is 9.78 Å². The number of rotatable bonds is 5. The van der Waals surface area contributed by atoms with Crippen LogP contribution in [0.1, 0.15) is 43.0 Å². The summed E-state index contributed by atoms with van der Waals surface area (Å²) in [5.41, 5.74) is 2.29. The third kappa shape index (κ3) is 2.64. The molecular formula is C14H19N3O. The number of aromatic nitrogens is 2. The van der Waals surface area contributed by atoms with Crippen LogP contribution in [0, 0.1) is 0 Å². The lowest BCUT2D eigenvalue weighted by atomic mass is 10.3. The monoisotopic (exact) mass is 245 g/mol. The summed E-state index contributed by atoms with van der Waals surface area (Å²) in [4.78, 5) is 0. The first-order chi connectivity index (χ1) is 8.92. The molecular weight excluding hydrogens is 226 g/mol. The van der Waals surface area contributed by atoms with E-state index in [4.69, 9.17) is 4.42 Å². The van der Waals surface area contributed by atoms with Crippen LogP contribution in [0.25, 0.3) is 0 Å². The predicted octanol–water partition coefficient (Wildman–Crippen LogP) is 2.88. The molecule has 1 N–H and O–H groups in total. The van der Waals surface area contributed by atoms with Gasteiger partial charge in [-0.3, -0.25) is 4.68 Å².